The number of hydrogen-bond donors (Lipinski definition) is 1. The zero-order chi connectivity index (χ0) is 54.7. The van der Waals surface area contributed by atoms with E-state index in [9.17, 15) is 19.6 Å². The molecule has 3 aliphatic rings. The van der Waals surface area contributed by atoms with Crippen LogP contribution in [0.3, 0.4) is 0 Å². The van der Waals surface area contributed by atoms with Gasteiger partial charge < -0.3 is 14.2 Å². The normalized spacial score (nSPS) is 12.4. The number of rotatable bonds is 3. The topological polar surface area (TPSA) is 139 Å². The number of fused-ring (bicyclic) bond motifs is 9. The van der Waals surface area contributed by atoms with Gasteiger partial charge in [-0.2, -0.15) is 0 Å². The maximum absolute atomic E-state index is 12.5. The van der Waals surface area contributed by atoms with Crippen molar-refractivity contribution in [2.24, 2.45) is 0 Å². The number of amides is 3. The number of halogens is 7. The second-order valence-corrected chi connectivity index (χ2v) is 25.1. The summed E-state index contributed by atoms with van der Waals surface area (Å²) >= 11 is 35.6. The number of carbonyl (C=O) groups excluding carboxylic acids is 3. The second kappa shape index (κ2) is 22.7. The maximum Gasteiger partial charge on any atom is 0.414 e. The number of carbonyl (C=O) groups is 3. The zero-order valence-corrected chi connectivity index (χ0v) is 50.5. The summed E-state index contributed by atoms with van der Waals surface area (Å²) < 4.78 is 19.9. The van der Waals surface area contributed by atoms with E-state index in [1.54, 1.807) is 57.9 Å². The van der Waals surface area contributed by atoms with Gasteiger partial charge in [0.25, 0.3) is 0 Å². The molecule has 0 saturated heterocycles. The van der Waals surface area contributed by atoms with Crippen LogP contribution in [0.15, 0.2) is 80.5 Å². The van der Waals surface area contributed by atoms with Crippen molar-refractivity contribution in [3.63, 3.8) is 0 Å². The summed E-state index contributed by atoms with van der Waals surface area (Å²) in [5.41, 5.74) is 11.5. The van der Waals surface area contributed by atoms with Crippen molar-refractivity contribution in [2.75, 3.05) is 35.8 Å². The smallest absolute Gasteiger partial charge is 0.414 e. The van der Waals surface area contributed by atoms with Crippen LogP contribution in [0.4, 0.5) is 31.4 Å². The lowest BCUT2D eigenvalue weighted by Crippen LogP contribution is -2.35. The lowest BCUT2D eigenvalue weighted by Gasteiger charge is -2.26. The van der Waals surface area contributed by atoms with Gasteiger partial charge in [0.15, 0.2) is 0 Å². The molecular formula is C55H58Br3Cl4N6O7+. The first-order valence-corrected chi connectivity index (χ1v) is 27.0. The molecule has 0 unspecified atom stereocenters. The SMILES string of the molecule is C.CN(C(=O)OC(C)(C)C)c1cc(Cl)cc2c1Cc1c-2cc(Br)c[n+]1O.CN(C(=O)OC(C)(C)C)c1cc(Cl)cc2c1Cc1ncc(Br)c(Cl)c1-2.CN(C(=O)OC(C)(C)C)c1cc(Cl)cc2c1Cc1ncc(Br)cc1-2. The Labute approximate surface area is 483 Å². The van der Waals surface area contributed by atoms with Crippen molar-refractivity contribution in [2.45, 2.75) is 106 Å². The molecule has 0 atom stereocenters. The van der Waals surface area contributed by atoms with E-state index in [0.29, 0.717) is 50.7 Å². The largest absolute Gasteiger partial charge is 0.443 e. The number of hydrogen-bond acceptors (Lipinski definition) is 9. The first-order valence-electron chi connectivity index (χ1n) is 23.1. The first kappa shape index (κ1) is 59.6. The Kier molecular flexibility index (Phi) is 18.0. The summed E-state index contributed by atoms with van der Waals surface area (Å²) in [7, 11) is 5.03. The maximum atomic E-state index is 12.5. The van der Waals surface area contributed by atoms with Crippen LogP contribution in [0.2, 0.25) is 20.1 Å². The summed E-state index contributed by atoms with van der Waals surface area (Å²) in [6.07, 6.45) is 5.50. The van der Waals surface area contributed by atoms with Gasteiger partial charge in [-0.25, -0.2) is 14.4 Å². The van der Waals surface area contributed by atoms with Crippen molar-refractivity contribution < 1.29 is 38.5 Å². The highest BCUT2D eigenvalue weighted by molar-refractivity contribution is 9.11. The van der Waals surface area contributed by atoms with Crippen LogP contribution in [-0.4, -0.2) is 71.4 Å². The van der Waals surface area contributed by atoms with Gasteiger partial charge in [0.05, 0.1) is 54.4 Å². The molecule has 0 radical (unpaired) electrons. The average molecular weight is 1300 g/mol. The molecule has 75 heavy (non-hydrogen) atoms. The number of aromatic nitrogens is 3. The van der Waals surface area contributed by atoms with E-state index in [-0.39, 0.29) is 7.43 Å². The summed E-state index contributed by atoms with van der Waals surface area (Å²) in [5.74, 6) is 0. The molecule has 20 heteroatoms. The Morgan fingerprint density at radius 3 is 1.40 bits per heavy atom. The molecule has 0 bridgehead atoms. The number of ether oxygens (including phenoxy) is 3. The standard InChI is InChI=1S/C18H17BrCl2N2O2.C18H19BrClN2O3.C18H18BrClN2O2.CH4/c1-18(2,3)25-17(24)23(4)14-6-9(20)5-11-10(14)7-13-15(11)16(21)12(19)8-22-13;1-18(2,3)25-17(23)21(4)15-7-11(20)6-12-13-5-10(19)9-22(24)16(13)8-14(12)15;1-18(2,3)24-17(23)22(4)16-7-11(20)6-12-13-5-10(19)9-21-15(13)8-14(12)16;/h5-6,8H,7H2,1-4H3;5-7,9,24H,8H2,1-4H3;5-7,9H,8H2,1-4H3;1H4/q;+1;;. The molecule has 0 saturated carbocycles. The minimum atomic E-state index is -0.588. The fourth-order valence-corrected chi connectivity index (χ4v) is 10.5. The molecule has 0 fully saturated rings. The highest BCUT2D eigenvalue weighted by Gasteiger charge is 2.35. The third-order valence-electron chi connectivity index (χ3n) is 11.6. The fourth-order valence-electron chi connectivity index (χ4n) is 8.55. The molecule has 0 spiro atoms. The van der Waals surface area contributed by atoms with Crippen LogP contribution in [0.1, 0.15) is 104 Å². The Hall–Kier alpha value is -4.68. The summed E-state index contributed by atoms with van der Waals surface area (Å²) in [4.78, 5) is 50.8. The van der Waals surface area contributed by atoms with Crippen molar-refractivity contribution in [3.05, 3.63) is 134 Å². The number of anilines is 3. The molecule has 3 aromatic carbocycles. The van der Waals surface area contributed by atoms with Crippen molar-refractivity contribution >= 4 is 130 Å². The van der Waals surface area contributed by atoms with Crippen molar-refractivity contribution in [1.29, 1.82) is 0 Å². The van der Waals surface area contributed by atoms with Crippen LogP contribution in [0, 0.1) is 0 Å². The summed E-state index contributed by atoms with van der Waals surface area (Å²) in [5, 5.41) is 12.4. The third-order valence-corrected chi connectivity index (χ3v) is 14.4. The molecule has 3 heterocycles. The average Bonchev–Trinajstić information content (AvgIpc) is 3.96. The highest BCUT2D eigenvalue weighted by atomic mass is 79.9. The van der Waals surface area contributed by atoms with E-state index in [2.05, 4.69) is 57.8 Å². The predicted octanol–water partition coefficient (Wildman–Crippen LogP) is 16.7. The first-order chi connectivity index (χ1) is 34.3. The Bertz CT molecular complexity index is 3270. The molecule has 6 aromatic rings. The highest BCUT2D eigenvalue weighted by Crippen LogP contribution is 2.48. The molecule has 9 rings (SSSR count). The molecule has 13 nitrogen and oxygen atoms in total. The van der Waals surface area contributed by atoms with Crippen LogP contribution in [0.25, 0.3) is 33.4 Å². The van der Waals surface area contributed by atoms with Crippen molar-refractivity contribution in [1.82, 2.24) is 9.97 Å². The second-order valence-electron chi connectivity index (χ2n) is 20.8. The van der Waals surface area contributed by atoms with Gasteiger partial charge >= 0.3 is 18.3 Å². The van der Waals surface area contributed by atoms with Crippen LogP contribution in [-0.2, 0) is 33.5 Å². The zero-order valence-electron chi connectivity index (χ0n) is 42.7. The van der Waals surface area contributed by atoms with Gasteiger partial charge in [-0.3, -0.25) is 29.9 Å². The Morgan fingerprint density at radius 2 is 0.933 bits per heavy atom. The summed E-state index contributed by atoms with van der Waals surface area (Å²) in [6.45, 7) is 16.5. The van der Waals surface area contributed by atoms with Gasteiger partial charge in [-0.05, 0) is 192 Å². The Morgan fingerprint density at radius 1 is 0.547 bits per heavy atom. The van der Waals surface area contributed by atoms with E-state index in [1.807, 2.05) is 92.6 Å². The van der Waals surface area contributed by atoms with Gasteiger partial charge in [0.2, 0.25) is 11.9 Å². The Balaban J connectivity index is 0.000000182. The van der Waals surface area contributed by atoms with Crippen LogP contribution < -0.4 is 19.4 Å². The van der Waals surface area contributed by atoms with Crippen molar-refractivity contribution in [3.8, 4) is 33.4 Å². The van der Waals surface area contributed by atoms with Gasteiger partial charge in [0, 0.05) is 81.8 Å². The molecule has 3 aliphatic carbocycles. The molecule has 3 amide bonds. The van der Waals surface area contributed by atoms with E-state index < -0.39 is 35.1 Å². The molecule has 3 aromatic heterocycles. The minimum Gasteiger partial charge on any atom is -0.443 e. The van der Waals surface area contributed by atoms with E-state index >= 15 is 0 Å². The number of benzene rings is 3. The lowest BCUT2D eigenvalue weighted by atomic mass is 10.0. The predicted molar refractivity (Wildman–Crippen MR) is 311 cm³/mol. The van der Waals surface area contributed by atoms with E-state index in [1.165, 1.54) is 14.7 Å². The lowest BCUT2D eigenvalue weighted by molar-refractivity contribution is -0.909. The fraction of sp³-hybridized carbons (Fsp3) is 0.345. The summed E-state index contributed by atoms with van der Waals surface area (Å²) in [6, 6.07) is 14.9. The van der Waals surface area contributed by atoms with E-state index in [4.69, 9.17) is 60.6 Å². The quantitative estimate of drug-likeness (QED) is 0.104. The molecule has 0 aliphatic heterocycles. The van der Waals surface area contributed by atoms with Crippen LogP contribution >= 0.6 is 94.2 Å². The molecule has 398 valence electrons. The minimum absolute atomic E-state index is 0. The monoisotopic (exact) mass is 1290 g/mol. The van der Waals surface area contributed by atoms with Gasteiger partial charge in [-0.15, -0.1) is 0 Å². The molecule has 1 N–H and O–H groups in total. The van der Waals surface area contributed by atoms with Gasteiger partial charge in [0.1, 0.15) is 16.8 Å². The van der Waals surface area contributed by atoms with E-state index in [0.717, 1.165) is 91.0 Å². The van der Waals surface area contributed by atoms with Crippen LogP contribution in [0.5, 0.6) is 0 Å². The number of nitrogens with zero attached hydrogens (tertiary/aromatic N) is 6. The molecular weight excluding hydrogens is 1240 g/mol. The van der Waals surface area contributed by atoms with Gasteiger partial charge in [-0.1, -0.05) is 53.8 Å². The number of pyridine rings is 3. The third kappa shape index (κ3) is 13.5.